The van der Waals surface area contributed by atoms with E-state index in [1.807, 2.05) is 0 Å². The summed E-state index contributed by atoms with van der Waals surface area (Å²) in [4.78, 5) is 38.6. The lowest BCUT2D eigenvalue weighted by Crippen LogP contribution is -2.43. The summed E-state index contributed by atoms with van der Waals surface area (Å²) < 4.78 is 13.1. The highest BCUT2D eigenvalue weighted by Crippen LogP contribution is 2.42. The quantitative estimate of drug-likeness (QED) is 0.534. The van der Waals surface area contributed by atoms with Gasteiger partial charge in [0.2, 0.25) is 0 Å². The number of ether oxygens (including phenoxy) is 2. The highest BCUT2D eigenvalue weighted by atomic mass is 16.5. The minimum atomic E-state index is -0.848. The summed E-state index contributed by atoms with van der Waals surface area (Å²) in [6.45, 7) is 7.32. The van der Waals surface area contributed by atoms with E-state index < -0.39 is 23.1 Å². The molecule has 2 N–H and O–H groups in total. The van der Waals surface area contributed by atoms with E-state index in [9.17, 15) is 19.5 Å². The zero-order valence-corrected chi connectivity index (χ0v) is 17.9. The van der Waals surface area contributed by atoms with Gasteiger partial charge >= 0.3 is 11.7 Å². The maximum atomic E-state index is 13.2. The molecule has 1 aliphatic rings. The van der Waals surface area contributed by atoms with E-state index in [2.05, 4.69) is 11.9 Å². The number of phenols is 1. The van der Waals surface area contributed by atoms with Crippen LogP contribution in [-0.4, -0.2) is 33.4 Å². The molecule has 3 rings (SSSR count). The number of allylic oxidation sites excluding steroid dienone is 1. The van der Waals surface area contributed by atoms with Gasteiger partial charge in [-0.1, -0.05) is 18.7 Å². The number of anilines is 1. The van der Waals surface area contributed by atoms with Crippen molar-refractivity contribution in [3.8, 4) is 11.5 Å². The predicted octanol–water partition coefficient (Wildman–Crippen LogP) is 1.75. The zero-order chi connectivity index (χ0) is 22.9. The van der Waals surface area contributed by atoms with E-state index in [4.69, 9.17) is 9.47 Å². The minimum absolute atomic E-state index is 0.000248. The number of nitrogens with one attached hydrogen (secondary N) is 1. The fraction of sp³-hybridized carbons (Fsp3) is 0.318. The molecule has 2 heterocycles. The molecule has 1 aliphatic heterocycles. The standard InChI is InChI=1S/C22H25N3O6/c1-6-10-31-21(28)16-12(3)23-19-18(20(27)25(5)22(29)24(19)4)17(16)13-8-9-14(26)15(11-13)30-7-2/h6,8-9,11,17,23,26H,1,7,10H2,2-5H3. The molecule has 1 aromatic carbocycles. The van der Waals surface area contributed by atoms with Gasteiger partial charge in [-0.05, 0) is 31.5 Å². The number of hydrogen-bond donors (Lipinski definition) is 2. The number of esters is 1. The predicted molar refractivity (Wildman–Crippen MR) is 116 cm³/mol. The Balaban J connectivity index is 2.34. The third-order valence-corrected chi connectivity index (χ3v) is 5.16. The normalized spacial score (nSPS) is 15.2. The first-order chi connectivity index (χ1) is 14.7. The number of phenolic OH excluding ortho intramolecular Hbond substituents is 1. The van der Waals surface area contributed by atoms with Crippen LogP contribution in [-0.2, 0) is 23.6 Å². The third kappa shape index (κ3) is 3.74. The summed E-state index contributed by atoms with van der Waals surface area (Å²) in [5.41, 5.74) is 0.377. The van der Waals surface area contributed by atoms with Crippen LogP contribution in [0.4, 0.5) is 5.82 Å². The van der Waals surface area contributed by atoms with Gasteiger partial charge in [-0.25, -0.2) is 9.59 Å². The van der Waals surface area contributed by atoms with Gasteiger partial charge in [0.1, 0.15) is 12.4 Å². The number of fused-ring (bicyclic) bond motifs is 1. The lowest BCUT2D eigenvalue weighted by atomic mass is 9.82. The molecular formula is C22H25N3O6. The lowest BCUT2D eigenvalue weighted by Gasteiger charge is -2.31. The van der Waals surface area contributed by atoms with Crippen molar-refractivity contribution in [3.63, 3.8) is 0 Å². The Morgan fingerprint density at radius 3 is 2.65 bits per heavy atom. The summed E-state index contributed by atoms with van der Waals surface area (Å²) in [6, 6.07) is 4.63. The van der Waals surface area contributed by atoms with E-state index in [0.29, 0.717) is 23.7 Å². The van der Waals surface area contributed by atoms with Gasteiger partial charge in [-0.15, -0.1) is 0 Å². The number of carbonyl (C=O) groups is 1. The van der Waals surface area contributed by atoms with Crippen molar-refractivity contribution in [3.05, 3.63) is 74.1 Å². The number of nitrogens with zero attached hydrogens (tertiary/aromatic N) is 2. The molecular weight excluding hydrogens is 402 g/mol. The van der Waals surface area contributed by atoms with E-state index in [0.717, 1.165) is 4.57 Å². The van der Waals surface area contributed by atoms with Crippen LogP contribution in [0.15, 0.2) is 51.7 Å². The molecule has 9 heteroatoms. The molecule has 0 saturated carbocycles. The van der Waals surface area contributed by atoms with Gasteiger partial charge in [0.05, 0.1) is 23.7 Å². The maximum absolute atomic E-state index is 13.2. The van der Waals surface area contributed by atoms with Crippen molar-refractivity contribution in [1.29, 1.82) is 0 Å². The molecule has 1 atom stereocenters. The molecule has 0 amide bonds. The Morgan fingerprint density at radius 1 is 1.29 bits per heavy atom. The van der Waals surface area contributed by atoms with Crippen LogP contribution in [0, 0.1) is 0 Å². The van der Waals surface area contributed by atoms with Crippen LogP contribution < -0.4 is 21.3 Å². The van der Waals surface area contributed by atoms with Gasteiger partial charge in [0, 0.05) is 19.8 Å². The summed E-state index contributed by atoms with van der Waals surface area (Å²) in [5, 5.41) is 13.1. The number of carbonyl (C=O) groups excluding carboxylic acids is 1. The smallest absolute Gasteiger partial charge is 0.337 e. The second-order valence-electron chi connectivity index (χ2n) is 7.11. The van der Waals surface area contributed by atoms with Crippen LogP contribution in [0.1, 0.15) is 30.9 Å². The highest BCUT2D eigenvalue weighted by molar-refractivity contribution is 5.94. The third-order valence-electron chi connectivity index (χ3n) is 5.16. The van der Waals surface area contributed by atoms with Crippen molar-refractivity contribution in [1.82, 2.24) is 9.13 Å². The summed E-state index contributed by atoms with van der Waals surface area (Å²) in [6.07, 6.45) is 1.45. The van der Waals surface area contributed by atoms with Crippen LogP contribution in [0.5, 0.6) is 11.5 Å². The fourth-order valence-electron chi connectivity index (χ4n) is 3.69. The number of aromatic nitrogens is 2. The highest BCUT2D eigenvalue weighted by Gasteiger charge is 2.37. The fourth-order valence-corrected chi connectivity index (χ4v) is 3.69. The number of rotatable bonds is 6. The topological polar surface area (TPSA) is 112 Å². The lowest BCUT2D eigenvalue weighted by molar-refractivity contribution is -0.138. The number of benzene rings is 1. The molecule has 0 fully saturated rings. The van der Waals surface area contributed by atoms with Crippen molar-refractivity contribution in [2.45, 2.75) is 19.8 Å². The van der Waals surface area contributed by atoms with Gasteiger partial charge < -0.3 is 19.9 Å². The molecule has 0 saturated heterocycles. The Morgan fingerprint density at radius 2 is 2.00 bits per heavy atom. The molecule has 1 aromatic heterocycles. The van der Waals surface area contributed by atoms with Gasteiger partial charge in [-0.3, -0.25) is 13.9 Å². The van der Waals surface area contributed by atoms with Crippen molar-refractivity contribution < 1.29 is 19.4 Å². The molecule has 0 bridgehead atoms. The average Bonchev–Trinajstić information content (AvgIpc) is 2.75. The summed E-state index contributed by atoms with van der Waals surface area (Å²) in [5.74, 6) is -1.02. The van der Waals surface area contributed by atoms with E-state index in [1.165, 1.54) is 23.8 Å². The molecule has 2 aromatic rings. The monoisotopic (exact) mass is 427 g/mol. The zero-order valence-electron chi connectivity index (χ0n) is 17.9. The number of hydrogen-bond acceptors (Lipinski definition) is 7. The second-order valence-corrected chi connectivity index (χ2v) is 7.11. The summed E-state index contributed by atoms with van der Waals surface area (Å²) in [7, 11) is 2.92. The van der Waals surface area contributed by atoms with E-state index in [1.54, 1.807) is 33.0 Å². The van der Waals surface area contributed by atoms with Crippen LogP contribution in [0.25, 0.3) is 0 Å². The maximum Gasteiger partial charge on any atom is 0.337 e. The largest absolute Gasteiger partial charge is 0.504 e. The van der Waals surface area contributed by atoms with Crippen LogP contribution in [0.2, 0.25) is 0 Å². The van der Waals surface area contributed by atoms with Crippen molar-refractivity contribution in [2.24, 2.45) is 14.1 Å². The van der Waals surface area contributed by atoms with Gasteiger partial charge in [0.25, 0.3) is 5.56 Å². The van der Waals surface area contributed by atoms with E-state index in [-0.39, 0.29) is 29.2 Å². The van der Waals surface area contributed by atoms with E-state index >= 15 is 0 Å². The Labute approximate surface area is 178 Å². The first-order valence-electron chi connectivity index (χ1n) is 9.74. The molecule has 164 valence electrons. The first kappa shape index (κ1) is 21.9. The van der Waals surface area contributed by atoms with Gasteiger partial charge in [0.15, 0.2) is 11.5 Å². The Kier molecular flexibility index (Phi) is 6.05. The SMILES string of the molecule is C=CCOC(=O)C1=C(C)Nc2c(c(=O)n(C)c(=O)n2C)C1c1ccc(O)c(OCC)c1. The first-order valence-corrected chi connectivity index (χ1v) is 9.74. The molecule has 9 nitrogen and oxygen atoms in total. The van der Waals surface area contributed by atoms with Crippen LogP contribution in [0.3, 0.4) is 0 Å². The number of aromatic hydroxyl groups is 1. The summed E-state index contributed by atoms with van der Waals surface area (Å²) >= 11 is 0. The molecule has 0 radical (unpaired) electrons. The second kappa shape index (κ2) is 8.55. The Bertz CT molecular complexity index is 1200. The average molecular weight is 427 g/mol. The molecule has 0 spiro atoms. The Hall–Kier alpha value is -3.75. The van der Waals surface area contributed by atoms with Crippen molar-refractivity contribution >= 4 is 11.8 Å². The molecule has 1 unspecified atom stereocenters. The van der Waals surface area contributed by atoms with Crippen LogP contribution >= 0.6 is 0 Å². The molecule has 0 aliphatic carbocycles. The van der Waals surface area contributed by atoms with Crippen molar-refractivity contribution in [2.75, 3.05) is 18.5 Å². The minimum Gasteiger partial charge on any atom is -0.504 e. The molecule has 31 heavy (non-hydrogen) atoms. The van der Waals surface area contributed by atoms with Gasteiger partial charge in [-0.2, -0.15) is 0 Å².